The first-order valence-electron chi connectivity index (χ1n) is 8.01. The largest absolute Gasteiger partial charge is 0.497 e. The smallest absolute Gasteiger partial charge is 0.342 e. The second kappa shape index (κ2) is 8.21. The molecule has 1 amide bonds. The van der Waals surface area contributed by atoms with Gasteiger partial charge in [0.1, 0.15) is 33.3 Å². The first-order chi connectivity index (χ1) is 13.2. The molecule has 2 rings (SSSR count). The average molecular weight is 412 g/mol. The van der Waals surface area contributed by atoms with E-state index in [0.717, 1.165) is 0 Å². The molecular weight excluding hydrogens is 392 g/mol. The van der Waals surface area contributed by atoms with Gasteiger partial charge in [0.25, 0.3) is 15.9 Å². The number of carbonyl (C=O) groups excluding carboxylic acids is 2. The maximum absolute atomic E-state index is 12.9. The number of benzene rings is 1. The monoisotopic (exact) mass is 412 g/mol. The van der Waals surface area contributed by atoms with E-state index >= 15 is 0 Å². The van der Waals surface area contributed by atoms with Gasteiger partial charge in [-0.15, -0.1) is 0 Å². The maximum atomic E-state index is 12.9. The van der Waals surface area contributed by atoms with Crippen LogP contribution in [0.1, 0.15) is 33.4 Å². The summed E-state index contributed by atoms with van der Waals surface area (Å²) >= 11 is 0. The van der Waals surface area contributed by atoms with Gasteiger partial charge in [0.15, 0.2) is 0 Å². The van der Waals surface area contributed by atoms with Crippen molar-refractivity contribution in [1.29, 1.82) is 0 Å². The van der Waals surface area contributed by atoms with E-state index in [0.29, 0.717) is 0 Å². The van der Waals surface area contributed by atoms with Crippen molar-refractivity contribution < 1.29 is 36.6 Å². The summed E-state index contributed by atoms with van der Waals surface area (Å²) in [7, 11) is -1.62. The van der Waals surface area contributed by atoms with Crippen LogP contribution < -0.4 is 19.9 Å². The summed E-state index contributed by atoms with van der Waals surface area (Å²) in [6.45, 7) is 3.00. The van der Waals surface area contributed by atoms with E-state index in [1.165, 1.54) is 39.3 Å². The predicted octanol–water partition coefficient (Wildman–Crippen LogP) is 1.68. The molecule has 0 aliphatic rings. The molecule has 11 heteroatoms. The lowest BCUT2D eigenvalue weighted by Gasteiger charge is -2.12. The lowest BCUT2D eigenvalue weighted by molar-refractivity contribution is 0.0521. The number of anilines is 1. The summed E-state index contributed by atoms with van der Waals surface area (Å²) in [5.74, 6) is -2.15. The highest BCUT2D eigenvalue weighted by Crippen LogP contribution is 2.33. The molecule has 1 aromatic carbocycles. The number of esters is 1. The molecule has 0 fully saturated rings. The van der Waals surface area contributed by atoms with Gasteiger partial charge in [0.05, 0.1) is 20.8 Å². The number of methoxy groups -OCH3 is 2. The minimum atomic E-state index is -4.29. The van der Waals surface area contributed by atoms with Crippen molar-refractivity contribution >= 4 is 27.8 Å². The van der Waals surface area contributed by atoms with Crippen LogP contribution in [0, 0.1) is 6.92 Å². The molecule has 3 N–H and O–H groups in total. The Morgan fingerprint density at radius 2 is 1.86 bits per heavy atom. The second-order valence-corrected chi connectivity index (χ2v) is 7.10. The van der Waals surface area contributed by atoms with Crippen LogP contribution >= 0.6 is 0 Å². The summed E-state index contributed by atoms with van der Waals surface area (Å²) in [6, 6.07) is 4.15. The normalized spacial score (nSPS) is 11.0. The van der Waals surface area contributed by atoms with E-state index in [1.807, 2.05) is 0 Å². The Balaban J connectivity index is 2.58. The average Bonchev–Trinajstić information content (AvgIpc) is 2.96. The zero-order valence-corrected chi connectivity index (χ0v) is 16.5. The van der Waals surface area contributed by atoms with Crippen molar-refractivity contribution in [3.63, 3.8) is 0 Å². The third kappa shape index (κ3) is 4.03. The number of carbonyl (C=O) groups is 2. The molecule has 0 saturated heterocycles. The molecule has 152 valence electrons. The highest BCUT2D eigenvalue weighted by atomic mass is 32.2. The van der Waals surface area contributed by atoms with Crippen LogP contribution in [0.2, 0.25) is 0 Å². The lowest BCUT2D eigenvalue weighted by atomic mass is 10.1. The van der Waals surface area contributed by atoms with Gasteiger partial charge in [-0.25, -0.2) is 17.9 Å². The number of primary amides is 1. The van der Waals surface area contributed by atoms with Gasteiger partial charge >= 0.3 is 5.97 Å². The van der Waals surface area contributed by atoms with Crippen molar-refractivity contribution in [2.24, 2.45) is 5.73 Å². The molecule has 0 saturated carbocycles. The number of amides is 1. The van der Waals surface area contributed by atoms with Crippen LogP contribution in [0.3, 0.4) is 0 Å². The first kappa shape index (κ1) is 21.1. The van der Waals surface area contributed by atoms with Crippen molar-refractivity contribution in [2.75, 3.05) is 25.5 Å². The van der Waals surface area contributed by atoms with Gasteiger partial charge in [0, 0.05) is 6.07 Å². The van der Waals surface area contributed by atoms with E-state index in [2.05, 4.69) is 4.72 Å². The molecule has 0 unspecified atom stereocenters. The number of hydrogen-bond donors (Lipinski definition) is 2. The maximum Gasteiger partial charge on any atom is 0.342 e. The Bertz CT molecular complexity index is 1010. The van der Waals surface area contributed by atoms with E-state index in [9.17, 15) is 18.0 Å². The van der Waals surface area contributed by atoms with Crippen molar-refractivity contribution in [2.45, 2.75) is 18.7 Å². The number of rotatable bonds is 8. The Hall–Kier alpha value is -3.21. The van der Waals surface area contributed by atoms with Gasteiger partial charge in [0.2, 0.25) is 5.88 Å². The molecule has 0 bridgehead atoms. The molecule has 28 heavy (non-hydrogen) atoms. The van der Waals surface area contributed by atoms with Crippen LogP contribution in [-0.4, -0.2) is 41.1 Å². The van der Waals surface area contributed by atoms with Gasteiger partial charge < -0.3 is 24.4 Å². The standard InChI is InChI=1S/C17H20N2O8S/c1-5-26-17(21)13-9(2)27-16(14(13)15(18)20)19-28(22,23)12-8-10(24-3)6-7-11(12)25-4/h6-8,19H,5H2,1-4H3,(H2,18,20). The quantitative estimate of drug-likeness (QED) is 0.622. The fraction of sp³-hybridized carbons (Fsp3) is 0.294. The number of ether oxygens (including phenoxy) is 3. The summed E-state index contributed by atoms with van der Waals surface area (Å²) in [5.41, 5.74) is 4.66. The molecule has 0 aliphatic carbocycles. The van der Waals surface area contributed by atoms with Gasteiger partial charge in [-0.1, -0.05) is 0 Å². The number of nitrogens with one attached hydrogen (secondary N) is 1. The van der Waals surface area contributed by atoms with Gasteiger partial charge in [-0.05, 0) is 26.0 Å². The fourth-order valence-electron chi connectivity index (χ4n) is 2.47. The van der Waals surface area contributed by atoms with Crippen LogP contribution in [0.25, 0.3) is 0 Å². The number of sulfonamides is 1. The van der Waals surface area contributed by atoms with Crippen LogP contribution in [-0.2, 0) is 14.8 Å². The number of furan rings is 1. The highest BCUT2D eigenvalue weighted by Gasteiger charge is 2.31. The SMILES string of the molecule is CCOC(=O)c1c(C)oc(NS(=O)(=O)c2cc(OC)ccc2OC)c1C(N)=O. The van der Waals surface area contributed by atoms with E-state index in [4.69, 9.17) is 24.4 Å². The lowest BCUT2D eigenvalue weighted by Crippen LogP contribution is -2.20. The third-order valence-corrected chi connectivity index (χ3v) is 5.05. The van der Waals surface area contributed by atoms with Crippen molar-refractivity contribution in [1.82, 2.24) is 0 Å². The van der Waals surface area contributed by atoms with Crippen LogP contribution in [0.4, 0.5) is 5.88 Å². The Morgan fingerprint density at radius 3 is 2.39 bits per heavy atom. The van der Waals surface area contributed by atoms with Gasteiger partial charge in [-0.2, -0.15) is 0 Å². The molecule has 1 aromatic heterocycles. The Labute approximate surface area is 161 Å². The summed E-state index contributed by atoms with van der Waals surface area (Å²) in [4.78, 5) is 23.7. The molecular formula is C17H20N2O8S. The zero-order valence-electron chi connectivity index (χ0n) is 15.7. The number of nitrogens with two attached hydrogens (primary N) is 1. The molecule has 0 spiro atoms. The van der Waals surface area contributed by atoms with Crippen molar-refractivity contribution in [3.05, 3.63) is 35.1 Å². The third-order valence-electron chi connectivity index (χ3n) is 3.70. The summed E-state index contributed by atoms with van der Waals surface area (Å²) < 4.78 is 48.1. The van der Waals surface area contributed by atoms with Crippen molar-refractivity contribution in [3.8, 4) is 11.5 Å². The molecule has 0 radical (unpaired) electrons. The predicted molar refractivity (Wildman–Crippen MR) is 98.3 cm³/mol. The molecule has 0 atom stereocenters. The van der Waals surface area contributed by atoms with Crippen LogP contribution in [0.15, 0.2) is 27.5 Å². The molecule has 1 heterocycles. The highest BCUT2D eigenvalue weighted by molar-refractivity contribution is 7.92. The topological polar surface area (TPSA) is 147 Å². The summed E-state index contributed by atoms with van der Waals surface area (Å²) in [5, 5.41) is 0. The first-order valence-corrected chi connectivity index (χ1v) is 9.49. The minimum absolute atomic E-state index is 0.0254. The Kier molecular flexibility index (Phi) is 6.19. The van der Waals surface area contributed by atoms with E-state index in [-0.39, 0.29) is 34.3 Å². The zero-order chi connectivity index (χ0) is 21.1. The number of aryl methyl sites for hydroxylation is 1. The molecule has 10 nitrogen and oxygen atoms in total. The Morgan fingerprint density at radius 1 is 1.18 bits per heavy atom. The van der Waals surface area contributed by atoms with E-state index in [1.54, 1.807) is 6.92 Å². The van der Waals surface area contributed by atoms with Gasteiger partial charge in [-0.3, -0.25) is 4.79 Å². The second-order valence-electron chi connectivity index (χ2n) is 5.44. The van der Waals surface area contributed by atoms with Crippen LogP contribution in [0.5, 0.6) is 11.5 Å². The molecule has 2 aromatic rings. The minimum Gasteiger partial charge on any atom is -0.497 e. The fourth-order valence-corrected chi connectivity index (χ4v) is 3.66. The van der Waals surface area contributed by atoms with E-state index < -0.39 is 33.3 Å². The molecule has 0 aliphatic heterocycles. The number of hydrogen-bond acceptors (Lipinski definition) is 8. The summed E-state index contributed by atoms with van der Waals surface area (Å²) in [6.07, 6.45) is 0.